The molecule has 0 saturated carbocycles. The molecule has 158 valence electrons. The van der Waals surface area contributed by atoms with Crippen molar-refractivity contribution in [3.8, 4) is 5.75 Å². The summed E-state index contributed by atoms with van der Waals surface area (Å²) in [5.74, 6) is 1.94. The van der Waals surface area contributed by atoms with E-state index in [4.69, 9.17) is 4.74 Å². The fraction of sp³-hybridized carbons (Fsp3) is 0.381. The van der Waals surface area contributed by atoms with Crippen LogP contribution in [0.2, 0.25) is 0 Å². The molecule has 0 unspecified atom stereocenters. The predicted molar refractivity (Wildman–Crippen MR) is 120 cm³/mol. The van der Waals surface area contributed by atoms with Crippen molar-refractivity contribution in [2.24, 2.45) is 0 Å². The minimum absolute atomic E-state index is 0.329. The maximum atomic E-state index is 12.6. The Morgan fingerprint density at radius 2 is 1.79 bits per heavy atom. The molecule has 1 amide bonds. The van der Waals surface area contributed by atoms with Gasteiger partial charge < -0.3 is 10.1 Å². The van der Waals surface area contributed by atoms with Crippen molar-refractivity contribution in [3.63, 3.8) is 0 Å². The van der Waals surface area contributed by atoms with E-state index in [1.165, 1.54) is 5.56 Å². The van der Waals surface area contributed by atoms with E-state index in [1.807, 2.05) is 25.1 Å². The smallest absolute Gasteiger partial charge is 0.243 e. The van der Waals surface area contributed by atoms with Gasteiger partial charge in [0.25, 0.3) is 0 Å². The molecular weight excluding hydrogens is 408 g/mol. The fourth-order valence-corrected chi connectivity index (χ4v) is 4.82. The highest BCUT2D eigenvalue weighted by Gasteiger charge is 2.28. The number of rotatable bonds is 11. The highest BCUT2D eigenvalue weighted by molar-refractivity contribution is 7.98. The first kappa shape index (κ1) is 23.1. The van der Waals surface area contributed by atoms with Crippen LogP contribution >= 0.6 is 11.8 Å². The van der Waals surface area contributed by atoms with Crippen LogP contribution in [-0.4, -0.2) is 45.5 Å². The number of sulfonamides is 1. The maximum absolute atomic E-state index is 12.6. The molecule has 0 aliphatic rings. The predicted octanol–water partition coefficient (Wildman–Crippen LogP) is 3.29. The summed E-state index contributed by atoms with van der Waals surface area (Å²) in [6.07, 6.45) is 1.10. The first-order valence-corrected chi connectivity index (χ1v) is 12.4. The minimum atomic E-state index is -3.63. The van der Waals surface area contributed by atoms with Crippen LogP contribution in [0.4, 0.5) is 5.69 Å². The van der Waals surface area contributed by atoms with Gasteiger partial charge in [0.15, 0.2) is 0 Å². The van der Waals surface area contributed by atoms with Crippen molar-refractivity contribution in [2.75, 3.05) is 29.5 Å². The van der Waals surface area contributed by atoms with Crippen LogP contribution in [-0.2, 0) is 20.6 Å². The van der Waals surface area contributed by atoms with Gasteiger partial charge in [0.1, 0.15) is 11.8 Å². The molecule has 2 aromatic carbocycles. The Morgan fingerprint density at radius 3 is 2.38 bits per heavy atom. The molecule has 0 heterocycles. The molecule has 0 aromatic heterocycles. The summed E-state index contributed by atoms with van der Waals surface area (Å²) >= 11 is 1.72. The number of anilines is 1. The van der Waals surface area contributed by atoms with Gasteiger partial charge in [0, 0.05) is 18.1 Å². The van der Waals surface area contributed by atoms with Crippen molar-refractivity contribution in [1.29, 1.82) is 0 Å². The van der Waals surface area contributed by atoms with E-state index in [0.717, 1.165) is 22.1 Å². The maximum Gasteiger partial charge on any atom is 0.243 e. The second-order valence-corrected chi connectivity index (χ2v) is 9.46. The van der Waals surface area contributed by atoms with Gasteiger partial charge in [0.05, 0.1) is 18.6 Å². The number of thioether (sulfide) groups is 1. The van der Waals surface area contributed by atoms with E-state index < -0.39 is 16.1 Å². The van der Waals surface area contributed by atoms with Crippen molar-refractivity contribution in [2.45, 2.75) is 25.6 Å². The highest BCUT2D eigenvalue weighted by Crippen LogP contribution is 2.24. The van der Waals surface area contributed by atoms with Gasteiger partial charge in [-0.3, -0.25) is 9.10 Å². The van der Waals surface area contributed by atoms with E-state index in [-0.39, 0.29) is 5.91 Å². The summed E-state index contributed by atoms with van der Waals surface area (Å²) in [7, 11) is -3.63. The number of carbonyl (C=O) groups excluding carboxylic acids is 1. The molecule has 6 nitrogen and oxygen atoms in total. The number of nitrogens with one attached hydrogen (secondary N) is 1. The van der Waals surface area contributed by atoms with E-state index in [2.05, 4.69) is 17.4 Å². The molecule has 0 aliphatic heterocycles. The van der Waals surface area contributed by atoms with Crippen LogP contribution < -0.4 is 14.4 Å². The van der Waals surface area contributed by atoms with E-state index in [9.17, 15) is 13.2 Å². The summed E-state index contributed by atoms with van der Waals surface area (Å²) in [5, 5.41) is 2.83. The van der Waals surface area contributed by atoms with Crippen LogP contribution in [0.3, 0.4) is 0 Å². The number of amides is 1. The Morgan fingerprint density at radius 1 is 1.14 bits per heavy atom. The third-order valence-electron chi connectivity index (χ3n) is 4.15. The zero-order chi connectivity index (χ0) is 21.3. The number of hydrogen-bond acceptors (Lipinski definition) is 5. The number of benzene rings is 2. The standard InChI is InChI=1S/C21H28N2O4S2/c1-4-27-20-12-10-19(11-13-20)23(29(3,25)26)17(2)21(24)22-14-15-28-16-18-8-6-5-7-9-18/h5-13,17H,4,14-16H2,1-3H3,(H,22,24)/t17-/m0/s1. The van der Waals surface area contributed by atoms with Crippen LogP contribution in [0, 0.1) is 0 Å². The summed E-state index contributed by atoms with van der Waals surface area (Å²) in [4.78, 5) is 12.6. The normalized spacial score (nSPS) is 12.2. The van der Waals surface area contributed by atoms with Crippen molar-refractivity contribution in [1.82, 2.24) is 5.32 Å². The molecule has 29 heavy (non-hydrogen) atoms. The lowest BCUT2D eigenvalue weighted by atomic mass is 10.2. The van der Waals surface area contributed by atoms with Gasteiger partial charge in [0.2, 0.25) is 15.9 Å². The molecule has 1 N–H and O–H groups in total. The molecule has 0 saturated heterocycles. The van der Waals surface area contributed by atoms with Gasteiger partial charge >= 0.3 is 0 Å². The van der Waals surface area contributed by atoms with Crippen molar-refractivity contribution < 1.29 is 17.9 Å². The van der Waals surface area contributed by atoms with Crippen LogP contribution in [0.5, 0.6) is 5.75 Å². The molecular formula is C21H28N2O4S2. The van der Waals surface area contributed by atoms with Crippen molar-refractivity contribution >= 4 is 33.4 Å². The Hall–Kier alpha value is -2.19. The SMILES string of the molecule is CCOc1ccc(N([C@@H](C)C(=O)NCCSCc2ccccc2)S(C)(=O)=O)cc1. The summed E-state index contributed by atoms with van der Waals surface area (Å²) in [6.45, 7) is 4.46. The Labute approximate surface area is 177 Å². The monoisotopic (exact) mass is 436 g/mol. The summed E-state index contributed by atoms with van der Waals surface area (Å²) < 4.78 is 31.2. The number of nitrogens with zero attached hydrogens (tertiary/aromatic N) is 1. The van der Waals surface area contributed by atoms with E-state index >= 15 is 0 Å². The summed E-state index contributed by atoms with van der Waals surface area (Å²) in [5.41, 5.74) is 1.66. The zero-order valence-corrected chi connectivity index (χ0v) is 18.6. The molecule has 0 radical (unpaired) electrons. The Kier molecular flexibility index (Phi) is 8.85. The molecule has 1 atom stereocenters. The number of hydrogen-bond donors (Lipinski definition) is 1. The largest absolute Gasteiger partial charge is 0.494 e. The Bertz CT molecular complexity index is 871. The molecule has 2 aromatic rings. The van der Waals surface area contributed by atoms with Gasteiger partial charge in [-0.25, -0.2) is 8.42 Å². The van der Waals surface area contributed by atoms with Gasteiger partial charge in [-0.1, -0.05) is 30.3 Å². The van der Waals surface area contributed by atoms with Crippen LogP contribution in [0.25, 0.3) is 0 Å². The van der Waals surface area contributed by atoms with Gasteiger partial charge in [-0.15, -0.1) is 0 Å². The average Bonchev–Trinajstić information content (AvgIpc) is 2.69. The molecule has 0 bridgehead atoms. The van der Waals surface area contributed by atoms with Crippen LogP contribution in [0.15, 0.2) is 54.6 Å². The lowest BCUT2D eigenvalue weighted by Crippen LogP contribution is -2.48. The van der Waals surface area contributed by atoms with Crippen LogP contribution in [0.1, 0.15) is 19.4 Å². The van der Waals surface area contributed by atoms with E-state index in [1.54, 1.807) is 43.0 Å². The van der Waals surface area contributed by atoms with Crippen molar-refractivity contribution in [3.05, 3.63) is 60.2 Å². The second-order valence-electron chi connectivity index (χ2n) is 6.49. The van der Waals surface area contributed by atoms with Gasteiger partial charge in [-0.2, -0.15) is 11.8 Å². The lowest BCUT2D eigenvalue weighted by molar-refractivity contribution is -0.121. The third-order valence-corrected chi connectivity index (χ3v) is 6.42. The number of ether oxygens (including phenoxy) is 1. The molecule has 0 spiro atoms. The second kappa shape index (κ2) is 11.1. The molecule has 2 rings (SSSR count). The first-order valence-electron chi connectivity index (χ1n) is 9.44. The fourth-order valence-electron chi connectivity index (χ4n) is 2.82. The highest BCUT2D eigenvalue weighted by atomic mass is 32.2. The average molecular weight is 437 g/mol. The minimum Gasteiger partial charge on any atom is -0.494 e. The first-order chi connectivity index (χ1) is 13.8. The third kappa shape index (κ3) is 7.29. The Balaban J connectivity index is 1.92. The topological polar surface area (TPSA) is 75.7 Å². The summed E-state index contributed by atoms with van der Waals surface area (Å²) in [6, 6.07) is 15.9. The molecule has 8 heteroatoms. The molecule has 0 fully saturated rings. The molecule has 0 aliphatic carbocycles. The van der Waals surface area contributed by atoms with Gasteiger partial charge in [-0.05, 0) is 43.7 Å². The lowest BCUT2D eigenvalue weighted by Gasteiger charge is -2.28. The zero-order valence-electron chi connectivity index (χ0n) is 17.0. The quantitative estimate of drug-likeness (QED) is 0.547. The van der Waals surface area contributed by atoms with E-state index in [0.29, 0.717) is 24.6 Å². The number of carbonyl (C=O) groups is 1.